The summed E-state index contributed by atoms with van der Waals surface area (Å²) < 4.78 is 5.09. The van der Waals surface area contributed by atoms with Crippen molar-refractivity contribution in [3.63, 3.8) is 0 Å². The minimum Gasteiger partial charge on any atom is -0.497 e. The quantitative estimate of drug-likeness (QED) is 0.895. The molecule has 4 nitrogen and oxygen atoms in total. The van der Waals surface area contributed by atoms with Gasteiger partial charge in [-0.2, -0.15) is 0 Å². The number of likely N-dealkylation sites (tertiary alicyclic amines) is 1. The van der Waals surface area contributed by atoms with Gasteiger partial charge in [0.1, 0.15) is 5.75 Å². The molecular weight excluding hydrogens is 242 g/mol. The molecule has 2 atom stereocenters. The molecule has 1 saturated heterocycles. The lowest BCUT2D eigenvalue weighted by Crippen LogP contribution is -2.31. The van der Waals surface area contributed by atoms with Gasteiger partial charge in [0.15, 0.2) is 0 Å². The molecule has 0 saturated carbocycles. The lowest BCUT2D eigenvalue weighted by atomic mass is 10.0. The maximum Gasteiger partial charge on any atom is 0.227 e. The van der Waals surface area contributed by atoms with Gasteiger partial charge >= 0.3 is 0 Å². The first-order valence-corrected chi connectivity index (χ1v) is 6.69. The number of rotatable bonds is 4. The topological polar surface area (TPSA) is 49.8 Å². The Balaban J connectivity index is 1.90. The lowest BCUT2D eigenvalue weighted by Gasteiger charge is -2.17. The fourth-order valence-corrected chi connectivity index (χ4v) is 2.44. The molecule has 1 aromatic rings. The second kappa shape index (κ2) is 6.06. The number of benzene rings is 1. The highest BCUT2D eigenvalue weighted by Gasteiger charge is 2.28. The Hall–Kier alpha value is -1.55. The normalized spacial score (nSPS) is 20.4. The van der Waals surface area contributed by atoms with Gasteiger partial charge in [-0.05, 0) is 31.0 Å². The second-order valence-electron chi connectivity index (χ2n) is 5.15. The van der Waals surface area contributed by atoms with E-state index in [1.165, 1.54) is 0 Å². The van der Waals surface area contributed by atoms with Crippen molar-refractivity contribution in [1.29, 1.82) is 0 Å². The smallest absolute Gasteiger partial charge is 0.227 e. The van der Waals surface area contributed by atoms with Crippen molar-refractivity contribution in [3.8, 4) is 5.75 Å². The Morgan fingerprint density at radius 2 is 2.16 bits per heavy atom. The van der Waals surface area contributed by atoms with Crippen LogP contribution in [0.2, 0.25) is 0 Å². The molecule has 0 aliphatic carbocycles. The summed E-state index contributed by atoms with van der Waals surface area (Å²) >= 11 is 0. The summed E-state index contributed by atoms with van der Waals surface area (Å²) in [5.41, 5.74) is 0.992. The van der Waals surface area contributed by atoms with Gasteiger partial charge in [-0.15, -0.1) is 0 Å². The van der Waals surface area contributed by atoms with Crippen molar-refractivity contribution in [2.45, 2.75) is 25.9 Å². The molecule has 0 spiro atoms. The number of aliphatic hydroxyl groups is 1. The maximum atomic E-state index is 12.2. The molecule has 1 N–H and O–H groups in total. The predicted octanol–water partition coefficient (Wildman–Crippen LogP) is 1.47. The van der Waals surface area contributed by atoms with Crippen LogP contribution in [0, 0.1) is 5.92 Å². The number of amides is 1. The molecule has 1 fully saturated rings. The van der Waals surface area contributed by atoms with Crippen molar-refractivity contribution >= 4 is 5.91 Å². The van der Waals surface area contributed by atoms with Gasteiger partial charge in [-0.3, -0.25) is 4.79 Å². The summed E-state index contributed by atoms with van der Waals surface area (Å²) in [4.78, 5) is 14.0. The van der Waals surface area contributed by atoms with Gasteiger partial charge in [0, 0.05) is 19.0 Å². The van der Waals surface area contributed by atoms with Crippen LogP contribution in [0.15, 0.2) is 24.3 Å². The zero-order chi connectivity index (χ0) is 13.8. The van der Waals surface area contributed by atoms with Crippen LogP contribution in [0.5, 0.6) is 5.75 Å². The molecule has 1 aliphatic heterocycles. The minimum atomic E-state index is -0.334. The minimum absolute atomic E-state index is 0.133. The summed E-state index contributed by atoms with van der Waals surface area (Å²) in [5.74, 6) is 1.15. The van der Waals surface area contributed by atoms with E-state index in [2.05, 4.69) is 0 Å². The van der Waals surface area contributed by atoms with Crippen molar-refractivity contribution in [2.75, 3.05) is 20.2 Å². The third-order valence-electron chi connectivity index (χ3n) is 3.77. The van der Waals surface area contributed by atoms with E-state index >= 15 is 0 Å². The molecule has 2 unspecified atom stereocenters. The average molecular weight is 263 g/mol. The third kappa shape index (κ3) is 3.47. The molecule has 0 radical (unpaired) electrons. The summed E-state index contributed by atoms with van der Waals surface area (Å²) in [6.07, 6.45) is 0.974. The molecule has 2 rings (SSSR count). The second-order valence-corrected chi connectivity index (χ2v) is 5.15. The van der Waals surface area contributed by atoms with E-state index in [4.69, 9.17) is 4.74 Å². The fraction of sp³-hybridized carbons (Fsp3) is 0.533. The Labute approximate surface area is 114 Å². The summed E-state index contributed by atoms with van der Waals surface area (Å²) in [7, 11) is 1.63. The van der Waals surface area contributed by atoms with Crippen molar-refractivity contribution < 1.29 is 14.6 Å². The largest absolute Gasteiger partial charge is 0.497 e. The number of nitrogens with zero attached hydrogens (tertiary/aromatic N) is 1. The van der Waals surface area contributed by atoms with Crippen molar-refractivity contribution in [2.24, 2.45) is 5.92 Å². The fourth-order valence-electron chi connectivity index (χ4n) is 2.44. The van der Waals surface area contributed by atoms with E-state index in [1.807, 2.05) is 29.2 Å². The van der Waals surface area contributed by atoms with E-state index in [0.29, 0.717) is 13.0 Å². The first-order valence-electron chi connectivity index (χ1n) is 6.69. The average Bonchev–Trinajstić information content (AvgIpc) is 2.89. The standard InChI is InChI=1S/C15H21NO3/c1-11(17)13-7-8-16(10-13)15(18)9-12-3-5-14(19-2)6-4-12/h3-6,11,13,17H,7-10H2,1-2H3. The molecule has 1 aliphatic rings. The number of ether oxygens (including phenoxy) is 1. The number of methoxy groups -OCH3 is 1. The molecule has 1 heterocycles. The summed E-state index contributed by atoms with van der Waals surface area (Å²) in [6, 6.07) is 7.56. The highest BCUT2D eigenvalue weighted by molar-refractivity contribution is 5.79. The number of carbonyl (C=O) groups is 1. The molecule has 104 valence electrons. The van der Waals surface area contributed by atoms with E-state index in [0.717, 1.165) is 24.3 Å². The Kier molecular flexibility index (Phi) is 4.43. The molecular formula is C15H21NO3. The first kappa shape index (κ1) is 13.9. The summed E-state index contributed by atoms with van der Waals surface area (Å²) in [6.45, 7) is 3.22. The van der Waals surface area contributed by atoms with Crippen molar-refractivity contribution in [1.82, 2.24) is 4.90 Å². The number of aliphatic hydroxyl groups excluding tert-OH is 1. The van der Waals surface area contributed by atoms with Gasteiger partial charge in [-0.1, -0.05) is 12.1 Å². The Morgan fingerprint density at radius 1 is 1.47 bits per heavy atom. The lowest BCUT2D eigenvalue weighted by molar-refractivity contribution is -0.129. The van der Waals surface area contributed by atoms with Gasteiger partial charge in [0.25, 0.3) is 0 Å². The zero-order valence-electron chi connectivity index (χ0n) is 11.5. The van der Waals surface area contributed by atoms with Gasteiger partial charge in [0.05, 0.1) is 19.6 Å². The van der Waals surface area contributed by atoms with E-state index < -0.39 is 0 Å². The molecule has 0 aromatic heterocycles. The third-order valence-corrected chi connectivity index (χ3v) is 3.77. The maximum absolute atomic E-state index is 12.2. The molecule has 19 heavy (non-hydrogen) atoms. The number of hydrogen-bond donors (Lipinski definition) is 1. The molecule has 0 bridgehead atoms. The van der Waals surface area contributed by atoms with E-state index in [1.54, 1.807) is 14.0 Å². The van der Waals surface area contributed by atoms with Crippen LogP contribution in [-0.4, -0.2) is 42.2 Å². The highest BCUT2D eigenvalue weighted by atomic mass is 16.5. The van der Waals surface area contributed by atoms with Gasteiger partial charge in [0.2, 0.25) is 5.91 Å². The SMILES string of the molecule is COc1ccc(CC(=O)N2CCC(C(C)O)C2)cc1. The van der Waals surface area contributed by atoms with Crippen LogP contribution >= 0.6 is 0 Å². The Bertz CT molecular complexity index is 428. The highest BCUT2D eigenvalue weighted by Crippen LogP contribution is 2.21. The molecule has 1 amide bonds. The summed E-state index contributed by atoms with van der Waals surface area (Å²) in [5, 5.41) is 9.55. The van der Waals surface area contributed by atoms with Crippen LogP contribution in [0.4, 0.5) is 0 Å². The van der Waals surface area contributed by atoms with Crippen LogP contribution < -0.4 is 4.74 Å². The van der Waals surface area contributed by atoms with Crippen molar-refractivity contribution in [3.05, 3.63) is 29.8 Å². The van der Waals surface area contributed by atoms with Crippen LogP contribution in [-0.2, 0) is 11.2 Å². The van der Waals surface area contributed by atoms with Crippen LogP contribution in [0.3, 0.4) is 0 Å². The predicted molar refractivity (Wildman–Crippen MR) is 73.1 cm³/mol. The van der Waals surface area contributed by atoms with Gasteiger partial charge in [-0.25, -0.2) is 0 Å². The van der Waals surface area contributed by atoms with E-state index in [9.17, 15) is 9.90 Å². The van der Waals surface area contributed by atoms with E-state index in [-0.39, 0.29) is 17.9 Å². The number of carbonyl (C=O) groups excluding carboxylic acids is 1. The molecule has 4 heteroatoms. The number of hydrogen-bond acceptors (Lipinski definition) is 3. The Morgan fingerprint density at radius 3 is 2.68 bits per heavy atom. The van der Waals surface area contributed by atoms with Gasteiger partial charge < -0.3 is 14.7 Å². The van der Waals surface area contributed by atoms with Crippen LogP contribution in [0.1, 0.15) is 18.9 Å². The first-order chi connectivity index (χ1) is 9.10. The van der Waals surface area contributed by atoms with Crippen LogP contribution in [0.25, 0.3) is 0 Å². The monoisotopic (exact) mass is 263 g/mol. The molecule has 1 aromatic carbocycles. The zero-order valence-corrected chi connectivity index (χ0v) is 11.5.